The van der Waals surface area contributed by atoms with E-state index in [0.29, 0.717) is 0 Å². The van der Waals surface area contributed by atoms with E-state index in [9.17, 15) is 18.0 Å². The lowest BCUT2D eigenvalue weighted by Gasteiger charge is -2.11. The minimum atomic E-state index is -4.50. The predicted octanol–water partition coefficient (Wildman–Crippen LogP) is 2.03. The molecular formula is C14H12BF3N2O3. The third-order valence-electron chi connectivity index (χ3n) is 2.89. The quantitative estimate of drug-likeness (QED) is 0.652. The maximum absolute atomic E-state index is 12.6. The fourth-order valence-electron chi connectivity index (χ4n) is 1.84. The fourth-order valence-corrected chi connectivity index (χ4v) is 1.84. The zero-order valence-corrected chi connectivity index (χ0v) is 11.6. The molecule has 0 aliphatic rings. The van der Waals surface area contributed by atoms with Gasteiger partial charge in [-0.15, -0.1) is 0 Å². The van der Waals surface area contributed by atoms with Crippen LogP contribution in [0.4, 0.5) is 29.3 Å². The number of anilines is 2. The largest absolute Gasteiger partial charge is 0.488 e. The molecule has 23 heavy (non-hydrogen) atoms. The number of halogens is 3. The topological polar surface area (TPSA) is 81.6 Å². The Bertz CT molecular complexity index is 708. The summed E-state index contributed by atoms with van der Waals surface area (Å²) in [6.45, 7) is 0. The first-order valence-corrected chi connectivity index (χ1v) is 6.47. The van der Waals surface area contributed by atoms with E-state index in [1.807, 2.05) is 0 Å². The van der Waals surface area contributed by atoms with Crippen molar-refractivity contribution in [2.75, 3.05) is 10.6 Å². The maximum Gasteiger partial charge on any atom is 0.488 e. The molecule has 9 heteroatoms. The lowest BCUT2D eigenvalue weighted by molar-refractivity contribution is -0.137. The summed E-state index contributed by atoms with van der Waals surface area (Å²) < 4.78 is 37.8. The molecule has 2 rings (SSSR count). The van der Waals surface area contributed by atoms with E-state index in [0.717, 1.165) is 12.1 Å². The predicted molar refractivity (Wildman–Crippen MR) is 80.4 cm³/mol. The van der Waals surface area contributed by atoms with E-state index in [4.69, 9.17) is 10.0 Å². The molecular weight excluding hydrogens is 312 g/mol. The van der Waals surface area contributed by atoms with Crippen LogP contribution in [0.1, 0.15) is 5.56 Å². The molecule has 0 aromatic heterocycles. The van der Waals surface area contributed by atoms with Crippen molar-refractivity contribution in [3.8, 4) is 0 Å². The highest BCUT2D eigenvalue weighted by molar-refractivity contribution is 6.58. The third kappa shape index (κ3) is 4.73. The van der Waals surface area contributed by atoms with Crippen molar-refractivity contribution in [1.29, 1.82) is 0 Å². The van der Waals surface area contributed by atoms with E-state index >= 15 is 0 Å². The van der Waals surface area contributed by atoms with Crippen molar-refractivity contribution in [3.05, 3.63) is 54.1 Å². The summed E-state index contributed by atoms with van der Waals surface area (Å²) in [6.07, 6.45) is -4.50. The summed E-state index contributed by atoms with van der Waals surface area (Å²) in [6, 6.07) is 9.23. The monoisotopic (exact) mass is 324 g/mol. The van der Waals surface area contributed by atoms with E-state index in [2.05, 4.69) is 10.6 Å². The number of hydrogen-bond donors (Lipinski definition) is 4. The number of rotatable bonds is 3. The number of alkyl halides is 3. The molecule has 4 N–H and O–H groups in total. The molecule has 0 radical (unpaired) electrons. The first-order chi connectivity index (χ1) is 10.8. The highest BCUT2D eigenvalue weighted by atomic mass is 19.4. The van der Waals surface area contributed by atoms with Crippen LogP contribution in [0.3, 0.4) is 0 Å². The minimum Gasteiger partial charge on any atom is -0.423 e. The van der Waals surface area contributed by atoms with Gasteiger partial charge in [-0.05, 0) is 35.8 Å². The van der Waals surface area contributed by atoms with Crippen LogP contribution >= 0.6 is 0 Å². The number of amides is 2. The maximum atomic E-state index is 12.6. The van der Waals surface area contributed by atoms with Gasteiger partial charge in [-0.25, -0.2) is 4.79 Å². The highest BCUT2D eigenvalue weighted by Crippen LogP contribution is 2.30. The summed E-state index contributed by atoms with van der Waals surface area (Å²) in [4.78, 5) is 11.8. The smallest absolute Gasteiger partial charge is 0.423 e. The van der Waals surface area contributed by atoms with Crippen molar-refractivity contribution in [2.24, 2.45) is 0 Å². The summed E-state index contributed by atoms with van der Waals surface area (Å²) in [5.74, 6) is 0. The van der Waals surface area contributed by atoms with Crippen LogP contribution in [0.15, 0.2) is 48.5 Å². The van der Waals surface area contributed by atoms with Gasteiger partial charge in [-0.1, -0.05) is 18.2 Å². The molecule has 0 aliphatic carbocycles. The average molecular weight is 324 g/mol. The Morgan fingerprint density at radius 3 is 2.09 bits per heavy atom. The van der Waals surface area contributed by atoms with Crippen LogP contribution < -0.4 is 16.1 Å². The lowest BCUT2D eigenvalue weighted by Crippen LogP contribution is -2.30. The second-order valence-corrected chi connectivity index (χ2v) is 4.66. The van der Waals surface area contributed by atoms with Crippen molar-refractivity contribution < 1.29 is 28.0 Å². The van der Waals surface area contributed by atoms with Gasteiger partial charge in [0.25, 0.3) is 0 Å². The molecule has 120 valence electrons. The van der Waals surface area contributed by atoms with Crippen LogP contribution in [0, 0.1) is 0 Å². The Kier molecular flexibility index (Phi) is 4.92. The standard InChI is InChI=1S/C14H12BF3N2O3/c16-14(17,18)9-3-1-5-11(7-9)19-13(21)20-12-6-2-4-10(8-12)15(22)23/h1-8,22-23H,(H2,19,20,21). The number of hydrogen-bond acceptors (Lipinski definition) is 3. The summed E-state index contributed by atoms with van der Waals surface area (Å²) in [5.41, 5.74) is -0.460. The van der Waals surface area contributed by atoms with Gasteiger partial charge >= 0.3 is 19.3 Å². The van der Waals surface area contributed by atoms with E-state index in [-0.39, 0.29) is 16.8 Å². The molecule has 0 atom stereocenters. The molecule has 2 aromatic carbocycles. The minimum absolute atomic E-state index is 0.0179. The van der Waals surface area contributed by atoms with Gasteiger partial charge in [0.1, 0.15) is 0 Å². The Balaban J connectivity index is 2.07. The van der Waals surface area contributed by atoms with Gasteiger partial charge in [0.15, 0.2) is 0 Å². The van der Waals surface area contributed by atoms with Gasteiger partial charge in [0.2, 0.25) is 0 Å². The van der Waals surface area contributed by atoms with Crippen LogP contribution in [0.2, 0.25) is 0 Å². The zero-order chi connectivity index (χ0) is 17.0. The van der Waals surface area contributed by atoms with Crippen LogP contribution in [0.5, 0.6) is 0 Å². The van der Waals surface area contributed by atoms with Gasteiger partial charge < -0.3 is 20.7 Å². The van der Waals surface area contributed by atoms with Crippen molar-refractivity contribution in [2.45, 2.75) is 6.18 Å². The molecule has 0 heterocycles. The Labute approximate surface area is 129 Å². The summed E-state index contributed by atoms with van der Waals surface area (Å²) >= 11 is 0. The number of nitrogens with one attached hydrogen (secondary N) is 2. The molecule has 0 unspecified atom stereocenters. The van der Waals surface area contributed by atoms with Crippen LogP contribution in [-0.4, -0.2) is 23.2 Å². The molecule has 0 bridgehead atoms. The molecule has 0 spiro atoms. The lowest BCUT2D eigenvalue weighted by atomic mass is 9.80. The second kappa shape index (κ2) is 6.72. The van der Waals surface area contributed by atoms with Crippen molar-refractivity contribution >= 4 is 30.0 Å². The van der Waals surface area contributed by atoms with Gasteiger partial charge in [-0.3, -0.25) is 0 Å². The molecule has 2 aromatic rings. The second-order valence-electron chi connectivity index (χ2n) is 4.66. The van der Waals surface area contributed by atoms with E-state index < -0.39 is 24.9 Å². The van der Waals surface area contributed by atoms with Gasteiger partial charge in [0.05, 0.1) is 5.56 Å². The Morgan fingerprint density at radius 2 is 1.52 bits per heavy atom. The van der Waals surface area contributed by atoms with E-state index in [1.165, 1.54) is 36.4 Å². The number of benzene rings is 2. The first kappa shape index (κ1) is 16.8. The third-order valence-corrected chi connectivity index (χ3v) is 2.89. The van der Waals surface area contributed by atoms with E-state index in [1.54, 1.807) is 0 Å². The Hall–Kier alpha value is -2.52. The highest BCUT2D eigenvalue weighted by Gasteiger charge is 2.30. The molecule has 0 saturated carbocycles. The zero-order valence-electron chi connectivity index (χ0n) is 11.6. The normalized spacial score (nSPS) is 11.0. The molecule has 5 nitrogen and oxygen atoms in total. The number of carbonyl (C=O) groups is 1. The van der Waals surface area contributed by atoms with Crippen LogP contribution in [-0.2, 0) is 6.18 Å². The molecule has 0 fully saturated rings. The average Bonchev–Trinajstić information content (AvgIpc) is 2.46. The SMILES string of the molecule is O=C(Nc1cccc(B(O)O)c1)Nc1cccc(C(F)(F)F)c1. The van der Waals surface area contributed by atoms with Gasteiger partial charge in [-0.2, -0.15) is 13.2 Å². The molecule has 2 amide bonds. The van der Waals surface area contributed by atoms with Crippen molar-refractivity contribution in [1.82, 2.24) is 0 Å². The number of urea groups is 1. The fraction of sp³-hybridized carbons (Fsp3) is 0.0714. The summed E-state index contributed by atoms with van der Waals surface area (Å²) in [5, 5.41) is 22.8. The number of carbonyl (C=O) groups excluding carboxylic acids is 1. The van der Waals surface area contributed by atoms with Crippen molar-refractivity contribution in [3.63, 3.8) is 0 Å². The summed E-state index contributed by atoms with van der Waals surface area (Å²) in [7, 11) is -1.69. The Morgan fingerprint density at radius 1 is 0.957 bits per heavy atom. The molecule has 0 saturated heterocycles. The van der Waals surface area contributed by atoms with Crippen LogP contribution in [0.25, 0.3) is 0 Å². The van der Waals surface area contributed by atoms with Gasteiger partial charge in [0, 0.05) is 11.4 Å². The molecule has 0 aliphatic heterocycles. The first-order valence-electron chi connectivity index (χ1n) is 6.47.